The van der Waals surface area contributed by atoms with Crippen molar-refractivity contribution in [1.82, 2.24) is 0 Å². The first-order valence-corrected chi connectivity index (χ1v) is 6.54. The maximum Gasteiger partial charge on any atom is 0.195 e. The highest BCUT2D eigenvalue weighted by molar-refractivity contribution is 7.24. The number of benzene rings is 2. The van der Waals surface area contributed by atoms with E-state index in [1.54, 1.807) is 35.6 Å². The number of hydrogen-bond donors (Lipinski definition) is 0. The summed E-state index contributed by atoms with van der Waals surface area (Å²) in [5.41, 5.74) is 0.00733. The van der Waals surface area contributed by atoms with Gasteiger partial charge in [0.25, 0.3) is 0 Å². The normalized spacial score (nSPS) is 11.2. The third-order valence-corrected chi connectivity index (χ3v) is 4.20. The molecule has 3 aromatic rings. The second kappa shape index (κ2) is 3.98. The lowest BCUT2D eigenvalue weighted by molar-refractivity contribution is 1.74. The van der Waals surface area contributed by atoms with Crippen molar-refractivity contribution in [1.29, 1.82) is 0 Å². The monoisotopic (exact) mass is 280 g/mol. The van der Waals surface area contributed by atoms with E-state index in [1.807, 2.05) is 12.1 Å². The van der Waals surface area contributed by atoms with Crippen LogP contribution in [0.15, 0.2) is 41.2 Å². The molecule has 1 heterocycles. The Morgan fingerprint density at radius 1 is 0.824 bits per heavy atom. The zero-order valence-corrected chi connectivity index (χ0v) is 10.9. The smallest absolute Gasteiger partial charge is 0.195 e. The van der Waals surface area contributed by atoms with Crippen molar-refractivity contribution in [3.63, 3.8) is 0 Å². The molecule has 17 heavy (non-hydrogen) atoms. The largest absolute Gasteiger partial charge is 0.289 e. The Morgan fingerprint density at radius 2 is 1.53 bits per heavy atom. The molecule has 84 valence electrons. The van der Waals surface area contributed by atoms with Crippen LogP contribution in [0.1, 0.15) is 0 Å². The van der Waals surface area contributed by atoms with Crippen LogP contribution in [0.2, 0.25) is 10.0 Å². The van der Waals surface area contributed by atoms with Crippen LogP contribution in [0.4, 0.5) is 0 Å². The van der Waals surface area contributed by atoms with E-state index in [1.165, 1.54) is 0 Å². The van der Waals surface area contributed by atoms with Gasteiger partial charge in [0.15, 0.2) is 5.43 Å². The second-order valence-electron chi connectivity index (χ2n) is 3.71. The molecule has 0 saturated heterocycles. The standard InChI is InChI=1S/C13H6Cl2OS/c14-7-2-4-11-10(5-7)13(16)9-3-1-8(15)6-12(9)17-11/h1-6H. The molecule has 1 nitrogen and oxygen atoms in total. The van der Waals surface area contributed by atoms with Gasteiger partial charge in [-0.2, -0.15) is 0 Å². The van der Waals surface area contributed by atoms with Crippen molar-refractivity contribution in [2.24, 2.45) is 0 Å². The Labute approximate surface area is 111 Å². The maximum absolute atomic E-state index is 12.3. The van der Waals surface area contributed by atoms with Gasteiger partial charge in [-0.15, -0.1) is 11.3 Å². The van der Waals surface area contributed by atoms with Crippen LogP contribution in [-0.4, -0.2) is 0 Å². The molecule has 0 aliphatic heterocycles. The SMILES string of the molecule is O=c1c2ccc(Cl)cc2sc2ccc(Cl)cc12. The predicted molar refractivity (Wildman–Crippen MR) is 75.6 cm³/mol. The highest BCUT2D eigenvalue weighted by Gasteiger charge is 2.06. The lowest BCUT2D eigenvalue weighted by Gasteiger charge is -2.01. The van der Waals surface area contributed by atoms with Gasteiger partial charge in [0.1, 0.15) is 0 Å². The van der Waals surface area contributed by atoms with Crippen molar-refractivity contribution in [3.05, 3.63) is 56.7 Å². The van der Waals surface area contributed by atoms with Crippen molar-refractivity contribution in [3.8, 4) is 0 Å². The van der Waals surface area contributed by atoms with Crippen molar-refractivity contribution in [2.45, 2.75) is 0 Å². The van der Waals surface area contributed by atoms with Gasteiger partial charge >= 0.3 is 0 Å². The highest BCUT2D eigenvalue weighted by Crippen LogP contribution is 2.28. The Morgan fingerprint density at radius 3 is 2.35 bits per heavy atom. The Hall–Kier alpha value is -1.09. The highest BCUT2D eigenvalue weighted by atomic mass is 35.5. The molecule has 4 heteroatoms. The summed E-state index contributed by atoms with van der Waals surface area (Å²) in [6.07, 6.45) is 0. The van der Waals surface area contributed by atoms with Gasteiger partial charge in [0, 0.05) is 30.2 Å². The van der Waals surface area contributed by atoms with Crippen molar-refractivity contribution in [2.75, 3.05) is 0 Å². The van der Waals surface area contributed by atoms with Crippen LogP contribution < -0.4 is 5.43 Å². The minimum absolute atomic E-state index is 0.00733. The first-order valence-electron chi connectivity index (χ1n) is 4.97. The number of hydrogen-bond acceptors (Lipinski definition) is 2. The fourth-order valence-electron chi connectivity index (χ4n) is 1.80. The molecule has 0 amide bonds. The molecule has 2 aromatic carbocycles. The molecule has 0 unspecified atom stereocenters. The van der Waals surface area contributed by atoms with Gasteiger partial charge in [0.05, 0.1) is 0 Å². The average Bonchev–Trinajstić information content (AvgIpc) is 2.30. The summed E-state index contributed by atoms with van der Waals surface area (Å²) >= 11 is 13.4. The first kappa shape index (κ1) is 11.0. The van der Waals surface area contributed by atoms with Gasteiger partial charge in [-0.3, -0.25) is 4.79 Å². The third kappa shape index (κ3) is 1.82. The molecule has 0 atom stereocenters. The predicted octanol–water partition coefficient (Wildman–Crippen LogP) is 4.72. The quantitative estimate of drug-likeness (QED) is 0.545. The zero-order valence-electron chi connectivity index (χ0n) is 8.54. The zero-order chi connectivity index (χ0) is 12.0. The fraction of sp³-hybridized carbons (Fsp3) is 0. The summed E-state index contributed by atoms with van der Waals surface area (Å²) in [6.45, 7) is 0. The Balaban J connectivity index is 2.57. The lowest BCUT2D eigenvalue weighted by atomic mass is 10.2. The third-order valence-electron chi connectivity index (χ3n) is 2.59. The number of rotatable bonds is 0. The van der Waals surface area contributed by atoms with E-state index in [0.29, 0.717) is 20.8 Å². The molecule has 0 spiro atoms. The Bertz CT molecular complexity index is 792. The minimum atomic E-state index is 0.00733. The van der Waals surface area contributed by atoms with Crippen LogP contribution >= 0.6 is 34.5 Å². The van der Waals surface area contributed by atoms with E-state index in [9.17, 15) is 4.79 Å². The van der Waals surface area contributed by atoms with Crippen LogP contribution in [0, 0.1) is 0 Å². The second-order valence-corrected chi connectivity index (χ2v) is 5.67. The molecule has 1 aromatic heterocycles. The average molecular weight is 281 g/mol. The molecule has 0 saturated carbocycles. The maximum atomic E-state index is 12.3. The molecule has 0 aliphatic carbocycles. The summed E-state index contributed by atoms with van der Waals surface area (Å²) in [5.74, 6) is 0. The molecule has 0 radical (unpaired) electrons. The minimum Gasteiger partial charge on any atom is -0.289 e. The number of fused-ring (bicyclic) bond motifs is 2. The first-order chi connectivity index (χ1) is 8.15. The van der Waals surface area contributed by atoms with E-state index in [0.717, 1.165) is 9.40 Å². The molecule has 0 N–H and O–H groups in total. The Kier molecular flexibility index (Phi) is 2.58. The van der Waals surface area contributed by atoms with E-state index in [2.05, 4.69) is 0 Å². The number of halogens is 2. The summed E-state index contributed by atoms with van der Waals surface area (Å²) < 4.78 is 1.83. The summed E-state index contributed by atoms with van der Waals surface area (Å²) in [5, 5.41) is 2.57. The van der Waals surface area contributed by atoms with Gasteiger partial charge in [-0.05, 0) is 36.4 Å². The molecule has 3 rings (SSSR count). The van der Waals surface area contributed by atoms with Crippen LogP contribution in [0.3, 0.4) is 0 Å². The van der Waals surface area contributed by atoms with Crippen LogP contribution in [0.25, 0.3) is 20.2 Å². The lowest BCUT2D eigenvalue weighted by Crippen LogP contribution is -2.00. The molecular weight excluding hydrogens is 275 g/mol. The van der Waals surface area contributed by atoms with Crippen molar-refractivity contribution >= 4 is 54.7 Å². The summed E-state index contributed by atoms with van der Waals surface area (Å²) in [4.78, 5) is 12.3. The topological polar surface area (TPSA) is 17.1 Å². The van der Waals surface area contributed by atoms with E-state index in [-0.39, 0.29) is 5.43 Å². The molecule has 0 bridgehead atoms. The van der Waals surface area contributed by atoms with Crippen LogP contribution in [0.5, 0.6) is 0 Å². The van der Waals surface area contributed by atoms with Gasteiger partial charge in [-0.25, -0.2) is 0 Å². The van der Waals surface area contributed by atoms with Gasteiger partial charge in [0.2, 0.25) is 0 Å². The van der Waals surface area contributed by atoms with E-state index < -0.39 is 0 Å². The van der Waals surface area contributed by atoms with Gasteiger partial charge < -0.3 is 0 Å². The van der Waals surface area contributed by atoms with Crippen molar-refractivity contribution < 1.29 is 0 Å². The summed E-state index contributed by atoms with van der Waals surface area (Å²) in [6, 6.07) is 10.7. The molecule has 0 fully saturated rings. The van der Waals surface area contributed by atoms with E-state index >= 15 is 0 Å². The van der Waals surface area contributed by atoms with E-state index in [4.69, 9.17) is 23.2 Å². The van der Waals surface area contributed by atoms with Gasteiger partial charge in [-0.1, -0.05) is 23.2 Å². The molecule has 0 aliphatic rings. The fourth-order valence-corrected chi connectivity index (χ4v) is 3.30. The van der Waals surface area contributed by atoms with Crippen LogP contribution in [-0.2, 0) is 0 Å². The summed E-state index contributed by atoms with van der Waals surface area (Å²) in [7, 11) is 0. The molecular formula is C13H6Cl2OS.